The van der Waals surface area contributed by atoms with Crippen LogP contribution in [0.4, 0.5) is 5.82 Å². The van der Waals surface area contributed by atoms with Crippen LogP contribution in [-0.4, -0.2) is 36.9 Å². The number of nitrogens with zero attached hydrogens (tertiary/aromatic N) is 2. The molecule has 2 rings (SSSR count). The summed E-state index contributed by atoms with van der Waals surface area (Å²) >= 11 is 5.91. The summed E-state index contributed by atoms with van der Waals surface area (Å²) in [6, 6.07) is 7.40. The Kier molecular flexibility index (Phi) is 6.71. The zero-order valence-electron chi connectivity index (χ0n) is 12.7. The number of aromatic nitrogens is 2. The van der Waals surface area contributed by atoms with Crippen LogP contribution in [0, 0.1) is 0 Å². The van der Waals surface area contributed by atoms with Crippen molar-refractivity contribution in [3.63, 3.8) is 0 Å². The maximum absolute atomic E-state index is 11.8. The molecule has 0 saturated heterocycles. The summed E-state index contributed by atoms with van der Waals surface area (Å²) in [5, 5.41) is 7.95. The van der Waals surface area contributed by atoms with Crippen molar-refractivity contribution in [3.8, 4) is 11.3 Å². The summed E-state index contributed by atoms with van der Waals surface area (Å²) in [4.78, 5) is 13.7. The first-order valence-corrected chi connectivity index (χ1v) is 7.06. The van der Waals surface area contributed by atoms with Crippen LogP contribution in [0.5, 0.6) is 0 Å². The molecule has 0 bridgehead atoms. The van der Waals surface area contributed by atoms with Gasteiger partial charge in [0.25, 0.3) is 0 Å². The molecule has 0 spiro atoms. The van der Waals surface area contributed by atoms with Gasteiger partial charge in [0, 0.05) is 30.2 Å². The molecule has 1 heterocycles. The first kappa shape index (κ1) is 18.3. The number of halogens is 2. The molecule has 1 N–H and O–H groups in total. The molecule has 7 heteroatoms. The van der Waals surface area contributed by atoms with Gasteiger partial charge in [-0.25, -0.2) is 0 Å². The molecule has 1 aromatic carbocycles. The van der Waals surface area contributed by atoms with Crippen LogP contribution in [-0.2, 0) is 16.0 Å². The molecule has 1 aromatic heterocycles. The number of carbonyl (C=O) groups is 1. The van der Waals surface area contributed by atoms with Crippen LogP contribution in [0.1, 0.15) is 12.5 Å². The first-order valence-electron chi connectivity index (χ1n) is 6.69. The fraction of sp³-hybridized carbons (Fsp3) is 0.333. The number of ether oxygens (including phenoxy) is 1. The Labute approximate surface area is 141 Å². The zero-order valence-corrected chi connectivity index (χ0v) is 14.3. The number of carbonyl (C=O) groups excluding carboxylic acids is 1. The topological polar surface area (TPSA) is 58.2 Å². The van der Waals surface area contributed by atoms with Crippen LogP contribution in [0.2, 0.25) is 5.02 Å². The Hall–Kier alpha value is -1.72. The van der Waals surface area contributed by atoms with Crippen molar-refractivity contribution in [3.05, 3.63) is 34.9 Å². The lowest BCUT2D eigenvalue weighted by atomic mass is 10.0. The summed E-state index contributed by atoms with van der Waals surface area (Å²) in [6.07, 6.45) is 0.176. The number of hydrogen-bond donors (Lipinski definition) is 1. The standard InChI is InChI=1S/C15H18ClN3O2.ClH/c1-4-21-13(20)9-12-14(17-18-15(12)19(2)3)10-5-7-11(16)8-6-10;/h5-8H,4,9H2,1-3H3,(H,17,18);1H. The fourth-order valence-corrected chi connectivity index (χ4v) is 2.23. The Balaban J connectivity index is 0.00000242. The molecule has 0 aliphatic heterocycles. The number of hydrogen-bond acceptors (Lipinski definition) is 4. The van der Waals surface area contributed by atoms with E-state index in [2.05, 4.69) is 10.2 Å². The van der Waals surface area contributed by atoms with Crippen molar-refractivity contribution >= 4 is 35.8 Å². The predicted octanol–water partition coefficient (Wildman–Crippen LogP) is 3.32. The van der Waals surface area contributed by atoms with Gasteiger partial charge in [-0.15, -0.1) is 12.4 Å². The highest BCUT2D eigenvalue weighted by Gasteiger charge is 2.19. The number of rotatable bonds is 5. The molecule has 5 nitrogen and oxygen atoms in total. The monoisotopic (exact) mass is 343 g/mol. The van der Waals surface area contributed by atoms with Gasteiger partial charge >= 0.3 is 5.97 Å². The largest absolute Gasteiger partial charge is 0.466 e. The summed E-state index contributed by atoms with van der Waals surface area (Å²) in [5.41, 5.74) is 2.56. The lowest BCUT2D eigenvalue weighted by molar-refractivity contribution is -0.142. The second-order valence-electron chi connectivity index (χ2n) is 4.78. The number of nitrogens with one attached hydrogen (secondary N) is 1. The summed E-state index contributed by atoms with van der Waals surface area (Å²) in [6.45, 7) is 2.16. The molecule has 0 aliphatic rings. The quantitative estimate of drug-likeness (QED) is 0.846. The first-order chi connectivity index (χ1) is 10.0. The van der Waals surface area contributed by atoms with Crippen LogP contribution in [0.25, 0.3) is 11.3 Å². The molecule has 120 valence electrons. The summed E-state index contributed by atoms with van der Waals surface area (Å²) in [5.74, 6) is 0.463. The lowest BCUT2D eigenvalue weighted by Gasteiger charge is -2.12. The van der Waals surface area contributed by atoms with Gasteiger partial charge in [0.1, 0.15) is 0 Å². The Bertz CT molecular complexity index is 624. The van der Waals surface area contributed by atoms with Crippen molar-refractivity contribution in [2.45, 2.75) is 13.3 Å². The van der Waals surface area contributed by atoms with E-state index < -0.39 is 0 Å². The Morgan fingerprint density at radius 1 is 1.32 bits per heavy atom. The minimum absolute atomic E-state index is 0. The number of H-pyrrole nitrogens is 1. The summed E-state index contributed by atoms with van der Waals surface area (Å²) < 4.78 is 5.04. The molecular formula is C15H19Cl2N3O2. The normalized spacial score (nSPS) is 10.0. The van der Waals surface area contributed by atoms with Gasteiger partial charge in [-0.3, -0.25) is 9.89 Å². The van der Waals surface area contributed by atoms with Gasteiger partial charge in [0.05, 0.1) is 18.7 Å². The maximum atomic E-state index is 11.8. The highest BCUT2D eigenvalue weighted by atomic mass is 35.5. The number of aromatic amines is 1. The minimum atomic E-state index is -0.266. The van der Waals surface area contributed by atoms with Crippen LogP contribution in [0.15, 0.2) is 24.3 Å². The average molecular weight is 344 g/mol. The van der Waals surface area contributed by atoms with Crippen molar-refractivity contribution in [1.82, 2.24) is 10.2 Å². The lowest BCUT2D eigenvalue weighted by Crippen LogP contribution is -2.14. The molecule has 0 saturated carbocycles. The molecule has 0 atom stereocenters. The highest BCUT2D eigenvalue weighted by Crippen LogP contribution is 2.29. The third-order valence-electron chi connectivity index (χ3n) is 3.03. The van der Waals surface area contributed by atoms with Gasteiger partial charge in [-0.2, -0.15) is 5.10 Å². The molecular weight excluding hydrogens is 325 g/mol. The Morgan fingerprint density at radius 2 is 1.95 bits per heavy atom. The zero-order chi connectivity index (χ0) is 15.4. The van der Waals surface area contributed by atoms with E-state index in [-0.39, 0.29) is 24.8 Å². The molecule has 0 fully saturated rings. The minimum Gasteiger partial charge on any atom is -0.466 e. The van der Waals surface area contributed by atoms with Gasteiger partial charge in [-0.1, -0.05) is 23.7 Å². The number of benzene rings is 1. The molecule has 0 radical (unpaired) electrons. The van der Waals surface area contributed by atoms with Gasteiger partial charge in [0.15, 0.2) is 5.82 Å². The van der Waals surface area contributed by atoms with Crippen molar-refractivity contribution in [1.29, 1.82) is 0 Å². The smallest absolute Gasteiger partial charge is 0.310 e. The van der Waals surface area contributed by atoms with Gasteiger partial charge in [0.2, 0.25) is 0 Å². The highest BCUT2D eigenvalue weighted by molar-refractivity contribution is 6.30. The van der Waals surface area contributed by atoms with E-state index >= 15 is 0 Å². The summed E-state index contributed by atoms with van der Waals surface area (Å²) in [7, 11) is 3.77. The van der Waals surface area contributed by atoms with Crippen molar-refractivity contribution in [2.75, 3.05) is 25.6 Å². The van der Waals surface area contributed by atoms with E-state index in [1.165, 1.54) is 0 Å². The van der Waals surface area contributed by atoms with E-state index in [0.29, 0.717) is 11.6 Å². The number of esters is 1. The molecule has 0 aliphatic carbocycles. The van der Waals surface area contributed by atoms with Crippen LogP contribution in [0.3, 0.4) is 0 Å². The van der Waals surface area contributed by atoms with E-state index in [1.54, 1.807) is 19.1 Å². The second kappa shape index (κ2) is 8.06. The predicted molar refractivity (Wildman–Crippen MR) is 90.9 cm³/mol. The third kappa shape index (κ3) is 4.15. The Morgan fingerprint density at radius 3 is 2.50 bits per heavy atom. The van der Waals surface area contributed by atoms with E-state index in [0.717, 1.165) is 22.6 Å². The SMILES string of the molecule is CCOC(=O)Cc1c(N(C)C)n[nH]c1-c1ccc(Cl)cc1.Cl. The molecule has 2 aromatic rings. The maximum Gasteiger partial charge on any atom is 0.310 e. The molecule has 22 heavy (non-hydrogen) atoms. The van der Waals surface area contributed by atoms with Crippen molar-refractivity contribution < 1.29 is 9.53 Å². The fourth-order valence-electron chi connectivity index (χ4n) is 2.10. The molecule has 0 unspecified atom stereocenters. The molecule has 0 amide bonds. The van der Waals surface area contributed by atoms with Crippen LogP contribution < -0.4 is 4.90 Å². The number of anilines is 1. The van der Waals surface area contributed by atoms with Gasteiger partial charge < -0.3 is 9.64 Å². The average Bonchev–Trinajstić information content (AvgIpc) is 2.83. The van der Waals surface area contributed by atoms with Crippen molar-refractivity contribution in [2.24, 2.45) is 0 Å². The van der Waals surface area contributed by atoms with E-state index in [4.69, 9.17) is 16.3 Å². The third-order valence-corrected chi connectivity index (χ3v) is 3.28. The van der Waals surface area contributed by atoms with Gasteiger partial charge in [-0.05, 0) is 19.1 Å². The van der Waals surface area contributed by atoms with E-state index in [1.807, 2.05) is 31.1 Å². The van der Waals surface area contributed by atoms with Crippen LogP contribution >= 0.6 is 24.0 Å². The van der Waals surface area contributed by atoms with E-state index in [9.17, 15) is 4.79 Å². The second-order valence-corrected chi connectivity index (χ2v) is 5.22.